The molecule has 0 radical (unpaired) electrons. The number of ketones is 1. The lowest BCUT2D eigenvalue weighted by Gasteiger charge is -2.31. The standard InChI is InChI=1S/C34H39N5O6.C2HF3O/c1-42-33-21-28-29(22-34(33)44-16-2-11-38-14-17-43-18-15-38)35-10-6-32(28)45-27-4-3-24(37-23-27)19-31(41)30-20-25(5-9-36-30)39-12-7-26(40)8-13-39;3-2(4,5)1-6/h3-6,9-10,20-23,26,40H,2,7-8,11-19H2,1H3;1H. The monoisotopic (exact) mass is 711 g/mol. The van der Waals surface area contributed by atoms with E-state index in [2.05, 4.69) is 24.8 Å². The van der Waals surface area contributed by atoms with Gasteiger partial charge < -0.3 is 29.0 Å². The van der Waals surface area contributed by atoms with Crippen LogP contribution >= 0.6 is 0 Å². The van der Waals surface area contributed by atoms with Gasteiger partial charge >= 0.3 is 6.18 Å². The number of hydrogen-bond donors (Lipinski definition) is 1. The Labute approximate surface area is 293 Å². The van der Waals surface area contributed by atoms with E-state index in [0.717, 1.165) is 81.8 Å². The zero-order valence-electron chi connectivity index (χ0n) is 28.2. The van der Waals surface area contributed by atoms with Crippen LogP contribution in [0, 0.1) is 0 Å². The number of methoxy groups -OCH3 is 1. The summed E-state index contributed by atoms with van der Waals surface area (Å²) in [6, 6.07) is 12.9. The van der Waals surface area contributed by atoms with Crippen LogP contribution in [0.25, 0.3) is 10.9 Å². The van der Waals surface area contributed by atoms with Crippen LogP contribution in [0.3, 0.4) is 0 Å². The Morgan fingerprint density at radius 1 is 0.980 bits per heavy atom. The fourth-order valence-electron chi connectivity index (χ4n) is 5.64. The first-order valence-corrected chi connectivity index (χ1v) is 16.6. The molecular formula is C36H40F3N5O7. The van der Waals surface area contributed by atoms with Crippen LogP contribution in [-0.2, 0) is 16.0 Å². The highest BCUT2D eigenvalue weighted by Crippen LogP contribution is 2.37. The molecule has 1 aromatic carbocycles. The first kappa shape index (κ1) is 37.4. The molecule has 0 saturated carbocycles. The average molecular weight is 712 g/mol. The third-order valence-corrected chi connectivity index (χ3v) is 8.33. The summed E-state index contributed by atoms with van der Waals surface area (Å²) < 4.78 is 54.6. The predicted molar refractivity (Wildman–Crippen MR) is 182 cm³/mol. The average Bonchev–Trinajstić information content (AvgIpc) is 3.14. The maximum atomic E-state index is 13.0. The topological polar surface area (TPSA) is 136 Å². The Morgan fingerprint density at radius 3 is 2.41 bits per heavy atom. The fourth-order valence-corrected chi connectivity index (χ4v) is 5.64. The van der Waals surface area contributed by atoms with Gasteiger partial charge in [0.1, 0.15) is 17.2 Å². The minimum atomic E-state index is -4.64. The summed E-state index contributed by atoms with van der Waals surface area (Å²) in [6.45, 7) is 6.54. The van der Waals surface area contributed by atoms with Crippen molar-refractivity contribution in [2.75, 3.05) is 64.6 Å². The van der Waals surface area contributed by atoms with Crippen molar-refractivity contribution in [3.8, 4) is 23.0 Å². The summed E-state index contributed by atoms with van der Waals surface area (Å²) in [6.07, 6.45) is 1.48. The van der Waals surface area contributed by atoms with Gasteiger partial charge in [0.25, 0.3) is 0 Å². The van der Waals surface area contributed by atoms with Crippen LogP contribution in [-0.4, -0.2) is 109 Å². The van der Waals surface area contributed by atoms with E-state index >= 15 is 0 Å². The second kappa shape index (κ2) is 17.9. The number of fused-ring (bicyclic) bond motifs is 1. The van der Waals surface area contributed by atoms with Crippen LogP contribution < -0.4 is 19.1 Å². The molecule has 0 atom stereocenters. The zero-order valence-corrected chi connectivity index (χ0v) is 28.2. The number of aldehydes is 1. The summed E-state index contributed by atoms with van der Waals surface area (Å²) in [4.78, 5) is 39.6. The Bertz CT molecular complexity index is 1750. The van der Waals surface area contributed by atoms with Gasteiger partial charge in [-0.2, -0.15) is 13.2 Å². The van der Waals surface area contributed by atoms with Gasteiger partial charge in [0.2, 0.25) is 6.29 Å². The van der Waals surface area contributed by atoms with Crippen molar-refractivity contribution >= 4 is 28.7 Å². The van der Waals surface area contributed by atoms with Gasteiger partial charge in [0.05, 0.1) is 51.2 Å². The molecule has 12 nitrogen and oxygen atoms in total. The summed E-state index contributed by atoms with van der Waals surface area (Å²) in [7, 11) is 1.62. The minimum absolute atomic E-state index is 0.110. The van der Waals surface area contributed by atoms with Gasteiger partial charge in [0.15, 0.2) is 17.3 Å². The number of Topliss-reactive ketones (excluding diaryl/α,β-unsaturated/α-hetero) is 1. The second-order valence-corrected chi connectivity index (χ2v) is 11.9. The highest BCUT2D eigenvalue weighted by atomic mass is 19.4. The summed E-state index contributed by atoms with van der Waals surface area (Å²) in [5.74, 6) is 2.28. The minimum Gasteiger partial charge on any atom is -0.493 e. The Balaban J connectivity index is 0.000000774. The van der Waals surface area contributed by atoms with E-state index in [4.69, 9.17) is 23.7 Å². The number of morpholine rings is 1. The second-order valence-electron chi connectivity index (χ2n) is 11.9. The molecule has 3 aromatic heterocycles. The number of halogens is 3. The number of benzene rings is 1. The van der Waals surface area contributed by atoms with E-state index < -0.39 is 12.5 Å². The van der Waals surface area contributed by atoms with Crippen molar-refractivity contribution in [2.24, 2.45) is 0 Å². The van der Waals surface area contributed by atoms with E-state index in [9.17, 15) is 23.1 Å². The number of rotatable bonds is 12. The molecule has 1 N–H and O–H groups in total. The number of pyridine rings is 3. The number of aliphatic hydroxyl groups excluding tert-OH is 1. The Morgan fingerprint density at radius 2 is 1.73 bits per heavy atom. The van der Waals surface area contributed by atoms with Crippen molar-refractivity contribution in [3.05, 3.63) is 72.4 Å². The Hall–Kier alpha value is -4.86. The van der Waals surface area contributed by atoms with Crippen LogP contribution in [0.5, 0.6) is 23.0 Å². The number of carbonyl (C=O) groups excluding carboxylic acids is 2. The van der Waals surface area contributed by atoms with Crippen molar-refractivity contribution in [2.45, 2.75) is 38.0 Å². The van der Waals surface area contributed by atoms with Gasteiger partial charge in [-0.25, -0.2) is 0 Å². The number of nitrogens with zero attached hydrogens (tertiary/aromatic N) is 5. The smallest absolute Gasteiger partial charge is 0.446 e. The molecule has 0 amide bonds. The van der Waals surface area contributed by atoms with E-state index in [1.54, 1.807) is 43.9 Å². The zero-order chi connectivity index (χ0) is 36.2. The van der Waals surface area contributed by atoms with E-state index in [1.807, 2.05) is 24.3 Å². The molecule has 2 aliphatic rings. The van der Waals surface area contributed by atoms with Crippen LogP contribution in [0.4, 0.5) is 18.9 Å². The SMILES string of the molecule is COc1cc2c(Oc3ccc(CC(=O)c4cc(N5CCC(O)CC5)ccn4)nc3)ccnc2cc1OCCCN1CCOCC1.O=CC(F)(F)F. The molecular weight excluding hydrogens is 671 g/mol. The first-order valence-electron chi connectivity index (χ1n) is 16.6. The van der Waals surface area contributed by atoms with Crippen molar-refractivity contribution in [3.63, 3.8) is 0 Å². The van der Waals surface area contributed by atoms with Gasteiger partial charge in [-0.3, -0.25) is 29.4 Å². The number of ether oxygens (including phenoxy) is 4. The molecule has 0 bridgehead atoms. The van der Waals surface area contributed by atoms with Crippen molar-refractivity contribution in [1.29, 1.82) is 0 Å². The summed E-state index contributed by atoms with van der Waals surface area (Å²) in [5, 5.41) is 10.6. The lowest BCUT2D eigenvalue weighted by atomic mass is 10.1. The highest BCUT2D eigenvalue weighted by Gasteiger charge is 2.25. The maximum absolute atomic E-state index is 13.0. The molecule has 15 heteroatoms. The van der Waals surface area contributed by atoms with Crippen LogP contribution in [0.15, 0.2) is 61.1 Å². The number of carbonyl (C=O) groups is 2. The number of anilines is 1. The molecule has 0 unspecified atom stereocenters. The predicted octanol–water partition coefficient (Wildman–Crippen LogP) is 5.06. The normalized spacial score (nSPS) is 15.5. The van der Waals surface area contributed by atoms with Gasteiger partial charge in [-0.1, -0.05) is 0 Å². The van der Waals surface area contributed by atoms with E-state index in [0.29, 0.717) is 41.0 Å². The molecule has 5 heterocycles. The third-order valence-electron chi connectivity index (χ3n) is 8.33. The number of aromatic nitrogens is 3. The van der Waals surface area contributed by atoms with E-state index in [-0.39, 0.29) is 18.3 Å². The molecule has 2 saturated heterocycles. The highest BCUT2D eigenvalue weighted by molar-refractivity contribution is 5.96. The number of piperidine rings is 1. The van der Waals surface area contributed by atoms with Crippen molar-refractivity contribution < 1.29 is 46.8 Å². The van der Waals surface area contributed by atoms with Crippen molar-refractivity contribution in [1.82, 2.24) is 19.9 Å². The molecule has 51 heavy (non-hydrogen) atoms. The lowest BCUT2D eigenvalue weighted by molar-refractivity contribution is -0.156. The molecule has 6 rings (SSSR count). The fraction of sp³-hybridized carbons (Fsp3) is 0.417. The van der Waals surface area contributed by atoms with Gasteiger partial charge in [-0.05, 0) is 55.7 Å². The third kappa shape index (κ3) is 11.1. The molecule has 4 aromatic rings. The quantitative estimate of drug-likeness (QED) is 0.120. The van der Waals surface area contributed by atoms with Crippen LogP contribution in [0.2, 0.25) is 0 Å². The van der Waals surface area contributed by atoms with Crippen LogP contribution in [0.1, 0.15) is 35.4 Å². The summed E-state index contributed by atoms with van der Waals surface area (Å²) in [5.41, 5.74) is 2.69. The number of alkyl halides is 3. The maximum Gasteiger partial charge on any atom is 0.446 e. The molecule has 0 aliphatic carbocycles. The lowest BCUT2D eigenvalue weighted by Crippen LogP contribution is -2.37. The Kier molecular flexibility index (Phi) is 13.1. The number of hydrogen-bond acceptors (Lipinski definition) is 12. The number of aliphatic hydroxyl groups is 1. The largest absolute Gasteiger partial charge is 0.493 e. The first-order chi connectivity index (χ1) is 24.6. The molecule has 0 spiro atoms. The van der Waals surface area contributed by atoms with E-state index in [1.165, 1.54) is 0 Å². The molecule has 272 valence electrons. The molecule has 2 fully saturated rings. The van der Waals surface area contributed by atoms with Gasteiger partial charge in [0, 0.05) is 68.0 Å². The molecule has 2 aliphatic heterocycles. The summed E-state index contributed by atoms with van der Waals surface area (Å²) >= 11 is 0. The van der Waals surface area contributed by atoms with Gasteiger partial charge in [-0.15, -0.1) is 0 Å².